The third kappa shape index (κ3) is 3.06. The zero-order chi connectivity index (χ0) is 17.4. The smallest absolute Gasteiger partial charge is 0.276 e. The van der Waals surface area contributed by atoms with Gasteiger partial charge in [-0.2, -0.15) is 5.10 Å². The maximum Gasteiger partial charge on any atom is 0.276 e. The lowest BCUT2D eigenvalue weighted by Crippen LogP contribution is -2.41. The second-order valence-corrected chi connectivity index (χ2v) is 6.76. The number of hydrogen-bond acceptors (Lipinski definition) is 6. The molecule has 4 heterocycles. The van der Waals surface area contributed by atoms with E-state index in [0.717, 1.165) is 43.9 Å². The Morgan fingerprint density at radius 1 is 1.28 bits per heavy atom. The molecule has 25 heavy (non-hydrogen) atoms. The van der Waals surface area contributed by atoms with Gasteiger partial charge in [-0.05, 0) is 39.5 Å². The molecule has 0 radical (unpaired) electrons. The molecule has 0 aliphatic carbocycles. The molecule has 1 amide bonds. The van der Waals surface area contributed by atoms with Crippen LogP contribution in [0.1, 0.15) is 65.7 Å². The summed E-state index contributed by atoms with van der Waals surface area (Å²) in [6.45, 7) is 5.88. The molecule has 2 saturated heterocycles. The van der Waals surface area contributed by atoms with Crippen LogP contribution in [0.15, 0.2) is 10.8 Å². The van der Waals surface area contributed by atoms with Crippen molar-refractivity contribution in [1.82, 2.24) is 24.6 Å². The number of aromatic nitrogens is 4. The number of rotatable bonds is 3. The summed E-state index contributed by atoms with van der Waals surface area (Å²) in [6.07, 6.45) is 4.97. The first-order valence-corrected chi connectivity index (χ1v) is 8.87. The average Bonchev–Trinajstić information content (AvgIpc) is 3.34. The monoisotopic (exact) mass is 345 g/mol. The molecular weight excluding hydrogens is 322 g/mol. The second-order valence-electron chi connectivity index (χ2n) is 6.76. The highest BCUT2D eigenvalue weighted by atomic mass is 16.5. The highest BCUT2D eigenvalue weighted by Gasteiger charge is 2.33. The van der Waals surface area contributed by atoms with Crippen molar-refractivity contribution in [2.24, 2.45) is 0 Å². The van der Waals surface area contributed by atoms with Gasteiger partial charge in [-0.3, -0.25) is 4.79 Å². The predicted molar refractivity (Wildman–Crippen MR) is 88.1 cm³/mol. The fourth-order valence-corrected chi connectivity index (χ4v) is 3.80. The molecule has 0 unspecified atom stereocenters. The number of carbonyl (C=O) groups excluding carboxylic acids is 1. The molecule has 2 aromatic rings. The number of aryl methyl sites for hydroxylation is 2. The minimum absolute atomic E-state index is 0.0848. The first kappa shape index (κ1) is 16.3. The Morgan fingerprint density at radius 3 is 2.88 bits per heavy atom. The van der Waals surface area contributed by atoms with Crippen LogP contribution >= 0.6 is 0 Å². The van der Waals surface area contributed by atoms with Crippen molar-refractivity contribution >= 4 is 5.91 Å². The molecule has 8 heteroatoms. The molecule has 2 aliphatic rings. The van der Waals surface area contributed by atoms with Gasteiger partial charge < -0.3 is 14.1 Å². The van der Waals surface area contributed by atoms with E-state index in [-0.39, 0.29) is 18.1 Å². The Morgan fingerprint density at radius 2 is 2.16 bits per heavy atom. The lowest BCUT2D eigenvalue weighted by atomic mass is 10.0. The third-order valence-electron chi connectivity index (χ3n) is 4.96. The number of hydrogen-bond donors (Lipinski definition) is 0. The molecule has 0 aromatic carbocycles. The van der Waals surface area contributed by atoms with E-state index < -0.39 is 0 Å². The first-order chi connectivity index (χ1) is 12.1. The van der Waals surface area contributed by atoms with Crippen molar-refractivity contribution in [1.29, 1.82) is 0 Å². The largest absolute Gasteiger partial charge is 0.445 e. The van der Waals surface area contributed by atoms with Gasteiger partial charge in [0.25, 0.3) is 5.91 Å². The summed E-state index contributed by atoms with van der Waals surface area (Å²) in [5.41, 5.74) is 0.388. The first-order valence-electron chi connectivity index (χ1n) is 8.87. The maximum atomic E-state index is 13.0. The number of piperidine rings is 1. The lowest BCUT2D eigenvalue weighted by Gasteiger charge is -2.32. The number of carbonyl (C=O) groups is 1. The summed E-state index contributed by atoms with van der Waals surface area (Å²) < 4.78 is 13.1. The Bertz CT molecular complexity index is 762. The lowest BCUT2D eigenvalue weighted by molar-refractivity contribution is 0.0639. The van der Waals surface area contributed by atoms with Gasteiger partial charge in [-0.1, -0.05) is 0 Å². The average molecular weight is 345 g/mol. The molecule has 0 saturated carbocycles. The molecule has 2 aliphatic heterocycles. The van der Waals surface area contributed by atoms with Crippen molar-refractivity contribution in [2.45, 2.75) is 51.7 Å². The van der Waals surface area contributed by atoms with E-state index in [1.165, 1.54) is 6.39 Å². The minimum Gasteiger partial charge on any atom is -0.445 e. The van der Waals surface area contributed by atoms with Gasteiger partial charge in [-0.15, -0.1) is 0 Å². The van der Waals surface area contributed by atoms with Crippen molar-refractivity contribution < 1.29 is 13.9 Å². The van der Waals surface area contributed by atoms with Crippen molar-refractivity contribution in [3.05, 3.63) is 29.5 Å². The Labute approximate surface area is 146 Å². The SMILES string of the molecule is Cc1nc(C)n([C@@H]2CCCN(C(=O)c3ncoc3[C@H]3CCCO3)C2)n1. The van der Waals surface area contributed by atoms with E-state index in [0.29, 0.717) is 24.6 Å². The molecule has 4 rings (SSSR count). The number of nitrogens with zero attached hydrogens (tertiary/aromatic N) is 5. The Kier molecular flexibility index (Phi) is 4.29. The fourth-order valence-electron chi connectivity index (χ4n) is 3.80. The molecule has 134 valence electrons. The van der Waals surface area contributed by atoms with Gasteiger partial charge in [-0.25, -0.2) is 14.6 Å². The highest BCUT2D eigenvalue weighted by molar-refractivity contribution is 5.93. The van der Waals surface area contributed by atoms with Crippen LogP contribution in [-0.2, 0) is 4.74 Å². The standard InChI is InChI=1S/C17H23N5O3/c1-11-19-12(2)22(20-11)13-5-3-7-21(9-13)17(23)15-16(25-10-18-15)14-6-4-8-24-14/h10,13-14H,3-9H2,1-2H3/t13-,14-/m1/s1. The van der Waals surface area contributed by atoms with Gasteiger partial charge in [0.15, 0.2) is 17.8 Å². The van der Waals surface area contributed by atoms with Crippen LogP contribution in [0, 0.1) is 13.8 Å². The maximum absolute atomic E-state index is 13.0. The van der Waals surface area contributed by atoms with Crippen LogP contribution in [0.3, 0.4) is 0 Å². The van der Waals surface area contributed by atoms with Gasteiger partial charge in [0, 0.05) is 19.7 Å². The van der Waals surface area contributed by atoms with Gasteiger partial charge >= 0.3 is 0 Å². The molecule has 2 fully saturated rings. The zero-order valence-corrected chi connectivity index (χ0v) is 14.6. The summed E-state index contributed by atoms with van der Waals surface area (Å²) >= 11 is 0. The summed E-state index contributed by atoms with van der Waals surface area (Å²) in [7, 11) is 0. The van der Waals surface area contributed by atoms with E-state index in [1.54, 1.807) is 0 Å². The van der Waals surface area contributed by atoms with E-state index in [4.69, 9.17) is 9.15 Å². The molecule has 2 aromatic heterocycles. The number of likely N-dealkylation sites (tertiary alicyclic amines) is 1. The van der Waals surface area contributed by atoms with E-state index in [9.17, 15) is 4.79 Å². The second kappa shape index (κ2) is 6.59. The van der Waals surface area contributed by atoms with Crippen LogP contribution in [0.25, 0.3) is 0 Å². The summed E-state index contributed by atoms with van der Waals surface area (Å²) in [6, 6.07) is 0.150. The molecule has 0 bridgehead atoms. The number of ether oxygens (including phenoxy) is 1. The van der Waals surface area contributed by atoms with E-state index in [2.05, 4.69) is 15.1 Å². The Balaban J connectivity index is 1.52. The van der Waals surface area contributed by atoms with Gasteiger partial charge in [0.1, 0.15) is 17.8 Å². The molecule has 2 atom stereocenters. The minimum atomic E-state index is -0.151. The number of oxazole rings is 1. The Hall–Kier alpha value is -2.22. The van der Waals surface area contributed by atoms with Gasteiger partial charge in [0.2, 0.25) is 0 Å². The van der Waals surface area contributed by atoms with Gasteiger partial charge in [0.05, 0.1) is 6.04 Å². The van der Waals surface area contributed by atoms with E-state index >= 15 is 0 Å². The summed E-state index contributed by atoms with van der Waals surface area (Å²) in [5, 5.41) is 4.48. The predicted octanol–water partition coefficient (Wildman–Crippen LogP) is 2.21. The van der Waals surface area contributed by atoms with Crippen LogP contribution < -0.4 is 0 Å². The molecular formula is C17H23N5O3. The molecule has 0 N–H and O–H groups in total. The fraction of sp³-hybridized carbons (Fsp3) is 0.647. The molecule has 0 spiro atoms. The van der Waals surface area contributed by atoms with Crippen molar-refractivity contribution in [2.75, 3.05) is 19.7 Å². The van der Waals surface area contributed by atoms with Crippen LogP contribution in [0.2, 0.25) is 0 Å². The summed E-state index contributed by atoms with van der Waals surface area (Å²) in [4.78, 5) is 23.4. The topological polar surface area (TPSA) is 86.3 Å². The zero-order valence-electron chi connectivity index (χ0n) is 14.6. The number of amides is 1. The summed E-state index contributed by atoms with van der Waals surface area (Å²) in [5.74, 6) is 2.13. The van der Waals surface area contributed by atoms with Crippen molar-refractivity contribution in [3.63, 3.8) is 0 Å². The van der Waals surface area contributed by atoms with Crippen molar-refractivity contribution in [3.8, 4) is 0 Å². The third-order valence-corrected chi connectivity index (χ3v) is 4.96. The van der Waals surface area contributed by atoms with Crippen LogP contribution in [0.5, 0.6) is 0 Å². The quantitative estimate of drug-likeness (QED) is 0.848. The van der Waals surface area contributed by atoms with Crippen LogP contribution in [-0.4, -0.2) is 50.3 Å². The highest BCUT2D eigenvalue weighted by Crippen LogP contribution is 2.32. The van der Waals surface area contributed by atoms with Crippen LogP contribution in [0.4, 0.5) is 0 Å². The van der Waals surface area contributed by atoms with E-state index in [1.807, 2.05) is 23.4 Å². The normalized spacial score (nSPS) is 24.0. The molecule has 8 nitrogen and oxygen atoms in total.